The van der Waals surface area contributed by atoms with Crippen LogP contribution in [-0.2, 0) is 4.79 Å². The van der Waals surface area contributed by atoms with Gasteiger partial charge in [-0.25, -0.2) is 0 Å². The molecule has 0 aromatic carbocycles. The minimum Gasteiger partial charge on any atom is -0.334 e. The maximum absolute atomic E-state index is 11.4. The number of hydrogen-bond donors (Lipinski definition) is 2. The lowest BCUT2D eigenvalue weighted by Gasteiger charge is -2.10. The van der Waals surface area contributed by atoms with Crippen LogP contribution in [0.5, 0.6) is 0 Å². The summed E-state index contributed by atoms with van der Waals surface area (Å²) in [6, 6.07) is 0. The van der Waals surface area contributed by atoms with Crippen LogP contribution in [0.4, 0.5) is 0 Å². The molecule has 0 spiro atoms. The quantitative estimate of drug-likeness (QED) is 0.282. The Hall–Kier alpha value is -1.09. The number of nitrogens with one attached hydrogen (secondary N) is 1. The number of unbranched alkanes of at least 4 members (excludes halogenated alkanes) is 2. The molecule has 1 unspecified atom stereocenters. The van der Waals surface area contributed by atoms with E-state index < -0.39 is 6.17 Å². The Morgan fingerprint density at radius 3 is 2.71 bits per heavy atom. The fraction of sp³-hybridized carbons (Fsp3) is 0.545. The van der Waals surface area contributed by atoms with E-state index in [4.69, 9.17) is 5.73 Å². The van der Waals surface area contributed by atoms with Gasteiger partial charge in [-0.2, -0.15) is 0 Å². The largest absolute Gasteiger partial charge is 0.334 e. The Morgan fingerprint density at radius 2 is 2.21 bits per heavy atom. The van der Waals surface area contributed by atoms with Gasteiger partial charge in [-0.1, -0.05) is 39.0 Å². The number of hydrogen-bond acceptors (Lipinski definition) is 2. The molecule has 0 fully saturated rings. The molecule has 0 aromatic rings. The maximum Gasteiger partial charge on any atom is 0.248 e. The summed E-state index contributed by atoms with van der Waals surface area (Å²) in [4.78, 5) is 11.4. The van der Waals surface area contributed by atoms with Crippen molar-refractivity contribution in [1.29, 1.82) is 0 Å². The standard InChI is InChI=1S/C11H20N2O/c1-4-6-7-8-9(3)11(14)13-10(12)5-2/h5,10H,2-4,6-8,12H2,1H3,(H,13,14). The highest BCUT2D eigenvalue weighted by atomic mass is 16.1. The van der Waals surface area contributed by atoms with Gasteiger partial charge in [-0.3, -0.25) is 4.79 Å². The van der Waals surface area contributed by atoms with E-state index in [1.54, 1.807) is 0 Å². The van der Waals surface area contributed by atoms with Crippen LogP contribution in [0.25, 0.3) is 0 Å². The van der Waals surface area contributed by atoms with E-state index >= 15 is 0 Å². The SMILES string of the molecule is C=CC(N)NC(=O)C(=C)CCCCC. The molecule has 0 aromatic heterocycles. The van der Waals surface area contributed by atoms with Crippen molar-refractivity contribution in [2.75, 3.05) is 0 Å². The normalized spacial score (nSPS) is 11.9. The Labute approximate surface area is 86.1 Å². The first-order chi connectivity index (χ1) is 6.61. The second kappa shape index (κ2) is 7.33. The summed E-state index contributed by atoms with van der Waals surface area (Å²) < 4.78 is 0. The average Bonchev–Trinajstić information content (AvgIpc) is 2.17. The van der Waals surface area contributed by atoms with Crippen LogP contribution in [0.2, 0.25) is 0 Å². The molecule has 0 saturated heterocycles. The molecule has 0 saturated carbocycles. The predicted octanol–water partition coefficient (Wildman–Crippen LogP) is 1.71. The second-order valence-corrected chi connectivity index (χ2v) is 3.30. The molecule has 0 radical (unpaired) electrons. The van der Waals surface area contributed by atoms with Crippen molar-refractivity contribution >= 4 is 5.91 Å². The van der Waals surface area contributed by atoms with Crippen molar-refractivity contribution in [2.45, 2.75) is 38.8 Å². The topological polar surface area (TPSA) is 55.1 Å². The molecule has 0 aliphatic rings. The fourth-order valence-corrected chi connectivity index (χ4v) is 1.01. The van der Waals surface area contributed by atoms with E-state index in [0.717, 1.165) is 25.7 Å². The minimum atomic E-state index is -0.481. The van der Waals surface area contributed by atoms with E-state index in [2.05, 4.69) is 25.4 Å². The molecule has 0 heterocycles. The van der Waals surface area contributed by atoms with Gasteiger partial charge in [0.25, 0.3) is 0 Å². The van der Waals surface area contributed by atoms with Gasteiger partial charge in [-0.15, -0.1) is 0 Å². The molecule has 0 bridgehead atoms. The van der Waals surface area contributed by atoms with Gasteiger partial charge in [0, 0.05) is 5.57 Å². The highest BCUT2D eigenvalue weighted by Gasteiger charge is 2.07. The van der Waals surface area contributed by atoms with Crippen molar-refractivity contribution in [2.24, 2.45) is 5.73 Å². The van der Waals surface area contributed by atoms with Crippen molar-refractivity contribution in [3.63, 3.8) is 0 Å². The zero-order chi connectivity index (χ0) is 11.0. The van der Waals surface area contributed by atoms with Gasteiger partial charge in [-0.05, 0) is 12.8 Å². The smallest absolute Gasteiger partial charge is 0.248 e. The third-order valence-electron chi connectivity index (χ3n) is 1.95. The van der Waals surface area contributed by atoms with Gasteiger partial charge >= 0.3 is 0 Å². The summed E-state index contributed by atoms with van der Waals surface area (Å²) in [6.07, 6.45) is 5.01. The minimum absolute atomic E-state index is 0.173. The molecule has 3 heteroatoms. The Bertz CT molecular complexity index is 211. The zero-order valence-electron chi connectivity index (χ0n) is 8.88. The highest BCUT2D eigenvalue weighted by molar-refractivity contribution is 5.92. The first-order valence-corrected chi connectivity index (χ1v) is 4.98. The fourth-order valence-electron chi connectivity index (χ4n) is 1.01. The first kappa shape index (κ1) is 12.9. The van der Waals surface area contributed by atoms with Crippen molar-refractivity contribution in [3.8, 4) is 0 Å². The van der Waals surface area contributed by atoms with Gasteiger partial charge in [0.2, 0.25) is 5.91 Å². The molecule has 1 amide bonds. The molecule has 3 nitrogen and oxygen atoms in total. The third-order valence-corrected chi connectivity index (χ3v) is 1.95. The lowest BCUT2D eigenvalue weighted by atomic mass is 10.1. The number of carbonyl (C=O) groups is 1. The van der Waals surface area contributed by atoms with Crippen LogP contribution in [0, 0.1) is 0 Å². The van der Waals surface area contributed by atoms with Crippen LogP contribution in [0.3, 0.4) is 0 Å². The summed E-state index contributed by atoms with van der Waals surface area (Å²) in [5.41, 5.74) is 6.07. The Kier molecular flexibility index (Phi) is 6.76. The second-order valence-electron chi connectivity index (χ2n) is 3.30. The van der Waals surface area contributed by atoms with E-state index in [9.17, 15) is 4.79 Å². The van der Waals surface area contributed by atoms with Gasteiger partial charge in [0.05, 0.1) is 6.17 Å². The predicted molar refractivity (Wildman–Crippen MR) is 59.6 cm³/mol. The molecular weight excluding hydrogens is 176 g/mol. The number of rotatable bonds is 7. The van der Waals surface area contributed by atoms with Gasteiger partial charge < -0.3 is 11.1 Å². The van der Waals surface area contributed by atoms with Crippen LogP contribution < -0.4 is 11.1 Å². The maximum atomic E-state index is 11.4. The molecule has 14 heavy (non-hydrogen) atoms. The third kappa shape index (κ3) is 5.54. The molecule has 0 rings (SSSR count). The van der Waals surface area contributed by atoms with Crippen molar-refractivity contribution < 1.29 is 4.79 Å². The summed E-state index contributed by atoms with van der Waals surface area (Å²) >= 11 is 0. The number of nitrogens with two attached hydrogens (primary N) is 1. The molecule has 0 aliphatic carbocycles. The van der Waals surface area contributed by atoms with E-state index in [1.807, 2.05) is 0 Å². The number of carbonyl (C=O) groups excluding carboxylic acids is 1. The molecular formula is C11H20N2O. The van der Waals surface area contributed by atoms with Crippen LogP contribution >= 0.6 is 0 Å². The summed E-state index contributed by atoms with van der Waals surface area (Å²) in [5.74, 6) is -0.173. The van der Waals surface area contributed by atoms with Crippen LogP contribution in [-0.4, -0.2) is 12.1 Å². The lowest BCUT2D eigenvalue weighted by Crippen LogP contribution is -2.40. The van der Waals surface area contributed by atoms with Crippen LogP contribution in [0.1, 0.15) is 32.6 Å². The monoisotopic (exact) mass is 196 g/mol. The van der Waals surface area contributed by atoms with E-state index in [0.29, 0.717) is 5.57 Å². The molecule has 3 N–H and O–H groups in total. The summed E-state index contributed by atoms with van der Waals surface area (Å²) in [7, 11) is 0. The lowest BCUT2D eigenvalue weighted by molar-refractivity contribution is -0.118. The molecule has 0 aliphatic heterocycles. The Balaban J connectivity index is 3.76. The number of amides is 1. The van der Waals surface area contributed by atoms with Gasteiger partial charge in [0.1, 0.15) is 0 Å². The van der Waals surface area contributed by atoms with Gasteiger partial charge in [0.15, 0.2) is 0 Å². The molecule has 80 valence electrons. The molecule has 1 atom stereocenters. The Morgan fingerprint density at radius 1 is 1.57 bits per heavy atom. The van der Waals surface area contributed by atoms with Crippen LogP contribution in [0.15, 0.2) is 24.8 Å². The average molecular weight is 196 g/mol. The highest BCUT2D eigenvalue weighted by Crippen LogP contribution is 2.06. The van der Waals surface area contributed by atoms with Crippen molar-refractivity contribution in [3.05, 3.63) is 24.8 Å². The summed E-state index contributed by atoms with van der Waals surface area (Å²) in [5, 5.41) is 2.58. The summed E-state index contributed by atoms with van der Waals surface area (Å²) in [6.45, 7) is 9.31. The zero-order valence-corrected chi connectivity index (χ0v) is 8.88. The van der Waals surface area contributed by atoms with E-state index in [1.165, 1.54) is 6.08 Å². The van der Waals surface area contributed by atoms with Crippen molar-refractivity contribution in [1.82, 2.24) is 5.32 Å². The first-order valence-electron chi connectivity index (χ1n) is 4.98. The van der Waals surface area contributed by atoms with E-state index in [-0.39, 0.29) is 5.91 Å².